The van der Waals surface area contributed by atoms with Crippen LogP contribution in [-0.2, 0) is 0 Å². The molecule has 1 aromatic rings. The van der Waals surface area contributed by atoms with E-state index >= 15 is 0 Å². The topological polar surface area (TPSA) is 25.8 Å². The average Bonchev–Trinajstić information content (AvgIpc) is 2.71. The average molecular weight is 196 g/mol. The molecule has 1 heterocycles. The van der Waals surface area contributed by atoms with E-state index in [1.807, 2.05) is 5.51 Å². The van der Waals surface area contributed by atoms with Crippen molar-refractivity contribution in [2.24, 2.45) is 5.92 Å². The van der Waals surface area contributed by atoms with Gasteiger partial charge in [-0.15, -0.1) is 21.5 Å². The van der Waals surface area contributed by atoms with Gasteiger partial charge in [0, 0.05) is 5.92 Å². The first kappa shape index (κ1) is 9.13. The molecule has 2 nitrogen and oxygen atoms in total. The standard InChI is InChI=1S/C10H16N2S/c1-2-8-3-5-9(6-4-8)10-12-11-7-13-10/h7-9H,2-6H2,1H3. The van der Waals surface area contributed by atoms with Crippen molar-refractivity contribution in [3.63, 3.8) is 0 Å². The lowest BCUT2D eigenvalue weighted by Crippen LogP contribution is -2.12. The smallest absolute Gasteiger partial charge is 0.120 e. The van der Waals surface area contributed by atoms with Gasteiger partial charge in [0.15, 0.2) is 0 Å². The molecule has 0 amide bonds. The number of rotatable bonds is 2. The summed E-state index contributed by atoms with van der Waals surface area (Å²) in [5, 5.41) is 9.32. The van der Waals surface area contributed by atoms with Crippen molar-refractivity contribution in [1.29, 1.82) is 0 Å². The summed E-state index contributed by atoms with van der Waals surface area (Å²) < 4.78 is 0. The third kappa shape index (κ3) is 2.08. The summed E-state index contributed by atoms with van der Waals surface area (Å²) in [7, 11) is 0. The molecule has 1 fully saturated rings. The van der Waals surface area contributed by atoms with Gasteiger partial charge < -0.3 is 0 Å². The molecule has 13 heavy (non-hydrogen) atoms. The van der Waals surface area contributed by atoms with Gasteiger partial charge in [-0.25, -0.2) is 0 Å². The van der Waals surface area contributed by atoms with Crippen LogP contribution in [0.4, 0.5) is 0 Å². The predicted octanol–water partition coefficient (Wildman–Crippen LogP) is 3.22. The SMILES string of the molecule is CCC1CCC(c2nncs2)CC1. The van der Waals surface area contributed by atoms with Crippen LogP contribution in [0.5, 0.6) is 0 Å². The van der Waals surface area contributed by atoms with Crippen LogP contribution >= 0.6 is 11.3 Å². The van der Waals surface area contributed by atoms with Gasteiger partial charge in [-0.1, -0.05) is 13.3 Å². The molecule has 0 aliphatic heterocycles. The summed E-state index contributed by atoms with van der Waals surface area (Å²) in [5.74, 6) is 1.69. The molecule has 1 aromatic heterocycles. The Morgan fingerprint density at radius 3 is 2.69 bits per heavy atom. The molecule has 0 aromatic carbocycles. The number of aromatic nitrogens is 2. The molecular weight excluding hydrogens is 180 g/mol. The molecule has 2 rings (SSSR count). The van der Waals surface area contributed by atoms with E-state index in [0.717, 1.165) is 11.8 Å². The first-order valence-corrected chi connectivity index (χ1v) is 6.04. The summed E-state index contributed by atoms with van der Waals surface area (Å²) in [5.41, 5.74) is 1.85. The fourth-order valence-corrected chi connectivity index (χ4v) is 2.90. The van der Waals surface area contributed by atoms with Gasteiger partial charge in [0.05, 0.1) is 0 Å². The predicted molar refractivity (Wildman–Crippen MR) is 54.9 cm³/mol. The molecule has 0 N–H and O–H groups in total. The van der Waals surface area contributed by atoms with Crippen LogP contribution in [0.3, 0.4) is 0 Å². The van der Waals surface area contributed by atoms with Crippen LogP contribution in [0, 0.1) is 5.92 Å². The lowest BCUT2D eigenvalue weighted by Gasteiger charge is -2.25. The lowest BCUT2D eigenvalue weighted by molar-refractivity contribution is 0.317. The first-order chi connectivity index (χ1) is 6.40. The number of hydrogen-bond acceptors (Lipinski definition) is 3. The van der Waals surface area contributed by atoms with Crippen molar-refractivity contribution in [2.75, 3.05) is 0 Å². The zero-order valence-corrected chi connectivity index (χ0v) is 8.89. The second-order valence-electron chi connectivity index (χ2n) is 3.90. The van der Waals surface area contributed by atoms with Crippen LogP contribution in [-0.4, -0.2) is 10.2 Å². The van der Waals surface area contributed by atoms with Crippen molar-refractivity contribution >= 4 is 11.3 Å². The molecule has 0 atom stereocenters. The quantitative estimate of drug-likeness (QED) is 0.725. The zero-order valence-electron chi connectivity index (χ0n) is 8.07. The second-order valence-corrected chi connectivity index (χ2v) is 4.77. The van der Waals surface area contributed by atoms with E-state index in [1.54, 1.807) is 11.3 Å². The maximum atomic E-state index is 4.16. The van der Waals surface area contributed by atoms with Crippen LogP contribution < -0.4 is 0 Å². The third-order valence-corrected chi connectivity index (χ3v) is 4.01. The fourth-order valence-electron chi connectivity index (χ4n) is 2.18. The molecule has 0 bridgehead atoms. The van der Waals surface area contributed by atoms with Gasteiger partial charge in [0.2, 0.25) is 0 Å². The lowest BCUT2D eigenvalue weighted by atomic mass is 9.81. The minimum Gasteiger partial charge on any atom is -0.147 e. The second kappa shape index (κ2) is 4.18. The number of nitrogens with zero attached hydrogens (tertiary/aromatic N) is 2. The monoisotopic (exact) mass is 196 g/mol. The van der Waals surface area contributed by atoms with Crippen LogP contribution in [0.2, 0.25) is 0 Å². The molecule has 72 valence electrons. The van der Waals surface area contributed by atoms with Crippen molar-refractivity contribution < 1.29 is 0 Å². The van der Waals surface area contributed by atoms with E-state index in [4.69, 9.17) is 0 Å². The van der Waals surface area contributed by atoms with Gasteiger partial charge in [-0.05, 0) is 31.6 Å². The normalized spacial score (nSPS) is 29.0. The highest BCUT2D eigenvalue weighted by molar-refractivity contribution is 7.09. The summed E-state index contributed by atoms with van der Waals surface area (Å²) >= 11 is 1.72. The van der Waals surface area contributed by atoms with Gasteiger partial charge >= 0.3 is 0 Å². The highest BCUT2D eigenvalue weighted by Crippen LogP contribution is 2.37. The molecule has 0 spiro atoms. The Balaban J connectivity index is 1.92. The van der Waals surface area contributed by atoms with E-state index in [2.05, 4.69) is 17.1 Å². The summed E-state index contributed by atoms with van der Waals surface area (Å²) in [6, 6.07) is 0. The van der Waals surface area contributed by atoms with Gasteiger partial charge in [-0.3, -0.25) is 0 Å². The van der Waals surface area contributed by atoms with Crippen molar-refractivity contribution in [3.8, 4) is 0 Å². The molecule has 0 radical (unpaired) electrons. The molecule has 0 saturated heterocycles. The summed E-state index contributed by atoms with van der Waals surface area (Å²) in [6.45, 7) is 2.30. The Morgan fingerprint density at radius 2 is 2.15 bits per heavy atom. The molecule has 1 aliphatic carbocycles. The van der Waals surface area contributed by atoms with E-state index in [-0.39, 0.29) is 0 Å². The summed E-state index contributed by atoms with van der Waals surface area (Å²) in [4.78, 5) is 0. The maximum absolute atomic E-state index is 4.16. The molecule has 0 unspecified atom stereocenters. The Bertz CT molecular complexity index is 237. The zero-order chi connectivity index (χ0) is 9.10. The van der Waals surface area contributed by atoms with Crippen LogP contribution in [0.25, 0.3) is 0 Å². The Hall–Kier alpha value is -0.440. The van der Waals surface area contributed by atoms with Crippen LogP contribution in [0.15, 0.2) is 5.51 Å². The fraction of sp³-hybridized carbons (Fsp3) is 0.800. The van der Waals surface area contributed by atoms with Crippen molar-refractivity contribution in [2.45, 2.75) is 44.9 Å². The highest BCUT2D eigenvalue weighted by Gasteiger charge is 2.22. The third-order valence-electron chi connectivity index (χ3n) is 3.15. The molecule has 3 heteroatoms. The van der Waals surface area contributed by atoms with Gasteiger partial charge in [0.25, 0.3) is 0 Å². The Kier molecular flexibility index (Phi) is 2.94. The molecular formula is C10H16N2S. The highest BCUT2D eigenvalue weighted by atomic mass is 32.1. The van der Waals surface area contributed by atoms with Crippen LogP contribution in [0.1, 0.15) is 50.0 Å². The van der Waals surface area contributed by atoms with Gasteiger partial charge in [-0.2, -0.15) is 0 Å². The Morgan fingerprint density at radius 1 is 1.38 bits per heavy atom. The van der Waals surface area contributed by atoms with E-state index in [0.29, 0.717) is 0 Å². The van der Waals surface area contributed by atoms with Crippen molar-refractivity contribution in [1.82, 2.24) is 10.2 Å². The maximum Gasteiger partial charge on any atom is 0.120 e. The van der Waals surface area contributed by atoms with Crippen molar-refractivity contribution in [3.05, 3.63) is 10.5 Å². The minimum absolute atomic E-state index is 0.718. The Labute approximate surface area is 83.4 Å². The summed E-state index contributed by atoms with van der Waals surface area (Å²) in [6.07, 6.45) is 6.78. The number of hydrogen-bond donors (Lipinski definition) is 0. The van der Waals surface area contributed by atoms with E-state index < -0.39 is 0 Å². The first-order valence-electron chi connectivity index (χ1n) is 5.16. The minimum atomic E-state index is 0.718. The van der Waals surface area contributed by atoms with E-state index in [1.165, 1.54) is 37.1 Å². The van der Waals surface area contributed by atoms with Gasteiger partial charge in [0.1, 0.15) is 10.5 Å². The van der Waals surface area contributed by atoms with E-state index in [9.17, 15) is 0 Å². The molecule has 1 aliphatic rings. The largest absolute Gasteiger partial charge is 0.147 e. The molecule has 1 saturated carbocycles.